The first kappa shape index (κ1) is 14.6. The zero-order valence-corrected chi connectivity index (χ0v) is 12.7. The molecule has 2 aromatic rings. The van der Waals surface area contributed by atoms with Crippen LogP contribution in [-0.4, -0.2) is 22.3 Å². The fraction of sp³-hybridized carbons (Fsp3) is 0.438. The van der Waals surface area contributed by atoms with Crippen LogP contribution in [0.15, 0.2) is 30.3 Å². The third kappa shape index (κ3) is 3.20. The number of methoxy groups -OCH3 is 1. The number of anilines is 1. The monoisotopic (exact) mass is 273 g/mol. The van der Waals surface area contributed by atoms with Crippen LogP contribution in [0.1, 0.15) is 30.9 Å². The maximum atomic E-state index is 6.26. The number of aromatic nitrogens is 2. The van der Waals surface area contributed by atoms with Gasteiger partial charge in [0.15, 0.2) is 0 Å². The van der Waals surface area contributed by atoms with Gasteiger partial charge in [0.05, 0.1) is 17.8 Å². The molecule has 0 atom stereocenters. The number of hydrogen-bond acceptors (Lipinski definition) is 3. The molecule has 4 heteroatoms. The molecule has 2 rings (SSSR count). The fourth-order valence-electron chi connectivity index (χ4n) is 2.21. The minimum absolute atomic E-state index is 0.257. The van der Waals surface area contributed by atoms with Crippen LogP contribution in [0.2, 0.25) is 0 Å². The van der Waals surface area contributed by atoms with E-state index in [2.05, 4.69) is 21.7 Å². The van der Waals surface area contributed by atoms with Crippen LogP contribution in [0.5, 0.6) is 0 Å². The Hall–Kier alpha value is -1.81. The van der Waals surface area contributed by atoms with E-state index in [-0.39, 0.29) is 5.60 Å². The van der Waals surface area contributed by atoms with E-state index in [1.807, 2.05) is 39.0 Å². The lowest BCUT2D eigenvalue weighted by atomic mass is 10.0. The maximum Gasteiger partial charge on any atom is 0.127 e. The second kappa shape index (κ2) is 5.67. The van der Waals surface area contributed by atoms with Gasteiger partial charge in [-0.05, 0) is 26.3 Å². The minimum atomic E-state index is -0.257. The van der Waals surface area contributed by atoms with Gasteiger partial charge >= 0.3 is 0 Å². The van der Waals surface area contributed by atoms with Crippen molar-refractivity contribution in [2.45, 2.75) is 39.3 Å². The molecule has 0 unspecified atom stereocenters. The van der Waals surface area contributed by atoms with Crippen LogP contribution in [0, 0.1) is 6.92 Å². The fourth-order valence-corrected chi connectivity index (χ4v) is 2.21. The largest absolute Gasteiger partial charge is 0.384 e. The molecule has 0 radical (unpaired) electrons. The molecule has 2 N–H and O–H groups in total. The second-order valence-electron chi connectivity index (χ2n) is 5.70. The van der Waals surface area contributed by atoms with Gasteiger partial charge in [-0.3, -0.25) is 0 Å². The molecule has 0 aliphatic heterocycles. The van der Waals surface area contributed by atoms with Crippen molar-refractivity contribution in [2.24, 2.45) is 0 Å². The number of imidazole rings is 1. The van der Waals surface area contributed by atoms with Crippen LogP contribution < -0.4 is 5.73 Å². The van der Waals surface area contributed by atoms with E-state index in [1.165, 1.54) is 5.56 Å². The first-order valence-corrected chi connectivity index (χ1v) is 6.83. The van der Waals surface area contributed by atoms with Crippen LogP contribution in [0.4, 0.5) is 5.82 Å². The lowest BCUT2D eigenvalue weighted by molar-refractivity contribution is 0.0226. The van der Waals surface area contributed by atoms with E-state index in [1.54, 1.807) is 7.11 Å². The highest BCUT2D eigenvalue weighted by atomic mass is 16.5. The molecule has 0 aliphatic carbocycles. The molecule has 1 aromatic heterocycles. The SMILES string of the molecule is COC(C)(C)Cc1nc(C)n(Cc2ccccc2)c1N. The highest BCUT2D eigenvalue weighted by molar-refractivity contribution is 5.40. The second-order valence-corrected chi connectivity index (χ2v) is 5.70. The number of rotatable bonds is 5. The van der Waals surface area contributed by atoms with Crippen molar-refractivity contribution in [1.29, 1.82) is 0 Å². The van der Waals surface area contributed by atoms with E-state index in [0.717, 1.165) is 23.9 Å². The van der Waals surface area contributed by atoms with Crippen molar-refractivity contribution < 1.29 is 4.74 Å². The Balaban J connectivity index is 2.25. The summed E-state index contributed by atoms with van der Waals surface area (Å²) in [6.07, 6.45) is 0.706. The topological polar surface area (TPSA) is 53.1 Å². The first-order valence-electron chi connectivity index (χ1n) is 6.83. The third-order valence-corrected chi connectivity index (χ3v) is 3.60. The Kier molecular flexibility index (Phi) is 4.14. The number of ether oxygens (including phenoxy) is 1. The lowest BCUT2D eigenvalue weighted by Crippen LogP contribution is -2.26. The Morgan fingerprint density at radius 1 is 1.25 bits per heavy atom. The summed E-state index contributed by atoms with van der Waals surface area (Å²) in [7, 11) is 1.71. The first-order chi connectivity index (χ1) is 9.43. The summed E-state index contributed by atoms with van der Waals surface area (Å²) < 4.78 is 7.51. The van der Waals surface area contributed by atoms with Gasteiger partial charge in [0, 0.05) is 13.5 Å². The maximum absolute atomic E-state index is 6.26. The van der Waals surface area contributed by atoms with Gasteiger partial charge in [-0.2, -0.15) is 0 Å². The predicted molar refractivity (Wildman–Crippen MR) is 81.7 cm³/mol. The van der Waals surface area contributed by atoms with Gasteiger partial charge in [0.25, 0.3) is 0 Å². The standard InChI is InChI=1S/C16H23N3O/c1-12-18-14(10-16(2,3)20-4)15(17)19(12)11-13-8-6-5-7-9-13/h5-9H,10-11,17H2,1-4H3. The van der Waals surface area contributed by atoms with E-state index in [4.69, 9.17) is 10.5 Å². The zero-order chi connectivity index (χ0) is 14.8. The van der Waals surface area contributed by atoms with Crippen molar-refractivity contribution >= 4 is 5.82 Å². The molecular formula is C16H23N3O. The summed E-state index contributed by atoms with van der Waals surface area (Å²) in [6.45, 7) is 6.82. The molecule has 0 amide bonds. The molecule has 1 aromatic carbocycles. The highest BCUT2D eigenvalue weighted by Gasteiger charge is 2.22. The smallest absolute Gasteiger partial charge is 0.127 e. The molecule has 4 nitrogen and oxygen atoms in total. The average Bonchev–Trinajstić information content (AvgIpc) is 2.67. The van der Waals surface area contributed by atoms with Crippen LogP contribution in [-0.2, 0) is 17.7 Å². The van der Waals surface area contributed by atoms with Gasteiger partial charge in [0.1, 0.15) is 11.6 Å². The molecule has 0 spiro atoms. The average molecular weight is 273 g/mol. The van der Waals surface area contributed by atoms with Gasteiger partial charge in [-0.25, -0.2) is 4.98 Å². The molecule has 0 fully saturated rings. The predicted octanol–water partition coefficient (Wildman–Crippen LogP) is 2.79. The molecular weight excluding hydrogens is 250 g/mol. The van der Waals surface area contributed by atoms with E-state index < -0.39 is 0 Å². The minimum Gasteiger partial charge on any atom is -0.384 e. The van der Waals surface area contributed by atoms with Crippen molar-refractivity contribution in [3.8, 4) is 0 Å². The Bertz CT molecular complexity index is 573. The van der Waals surface area contributed by atoms with Crippen molar-refractivity contribution in [2.75, 3.05) is 12.8 Å². The molecule has 1 heterocycles. The van der Waals surface area contributed by atoms with E-state index in [0.29, 0.717) is 6.42 Å². The third-order valence-electron chi connectivity index (χ3n) is 3.60. The van der Waals surface area contributed by atoms with Gasteiger partial charge in [-0.15, -0.1) is 0 Å². The quantitative estimate of drug-likeness (QED) is 0.911. The molecule has 0 bridgehead atoms. The number of nitrogens with zero attached hydrogens (tertiary/aromatic N) is 2. The summed E-state index contributed by atoms with van der Waals surface area (Å²) >= 11 is 0. The molecule has 0 saturated heterocycles. The summed E-state index contributed by atoms with van der Waals surface area (Å²) in [5.74, 6) is 1.67. The normalized spacial score (nSPS) is 11.8. The van der Waals surface area contributed by atoms with Crippen LogP contribution >= 0.6 is 0 Å². The van der Waals surface area contributed by atoms with Crippen LogP contribution in [0.3, 0.4) is 0 Å². The van der Waals surface area contributed by atoms with Gasteiger partial charge in [0.2, 0.25) is 0 Å². The lowest BCUT2D eigenvalue weighted by Gasteiger charge is -2.21. The van der Waals surface area contributed by atoms with Gasteiger partial charge < -0.3 is 15.0 Å². The van der Waals surface area contributed by atoms with E-state index in [9.17, 15) is 0 Å². The summed E-state index contributed by atoms with van der Waals surface area (Å²) in [6, 6.07) is 10.3. The number of benzene rings is 1. The summed E-state index contributed by atoms with van der Waals surface area (Å²) in [5, 5.41) is 0. The number of nitrogen functional groups attached to an aromatic ring is 1. The highest BCUT2D eigenvalue weighted by Crippen LogP contribution is 2.22. The Morgan fingerprint density at radius 2 is 1.90 bits per heavy atom. The molecule has 0 saturated carbocycles. The van der Waals surface area contributed by atoms with Gasteiger partial charge in [-0.1, -0.05) is 30.3 Å². The summed E-state index contributed by atoms with van der Waals surface area (Å²) in [4.78, 5) is 4.60. The van der Waals surface area contributed by atoms with Crippen molar-refractivity contribution in [1.82, 2.24) is 9.55 Å². The molecule has 0 aliphatic rings. The van der Waals surface area contributed by atoms with Crippen molar-refractivity contribution in [3.63, 3.8) is 0 Å². The molecule has 108 valence electrons. The van der Waals surface area contributed by atoms with Crippen molar-refractivity contribution in [3.05, 3.63) is 47.4 Å². The van der Waals surface area contributed by atoms with E-state index >= 15 is 0 Å². The number of hydrogen-bond donors (Lipinski definition) is 1. The zero-order valence-electron chi connectivity index (χ0n) is 12.7. The molecule has 20 heavy (non-hydrogen) atoms. The number of nitrogens with two attached hydrogens (primary N) is 1. The van der Waals surface area contributed by atoms with Crippen LogP contribution in [0.25, 0.3) is 0 Å². The number of aryl methyl sites for hydroxylation is 1. The summed E-state index contributed by atoms with van der Waals surface area (Å²) in [5.41, 5.74) is 8.13. The Morgan fingerprint density at radius 3 is 2.50 bits per heavy atom. The Labute approximate surface area is 120 Å².